The molecular formula is C24H24N4O3. The Labute approximate surface area is 180 Å². The third-order valence-corrected chi connectivity index (χ3v) is 6.40. The summed E-state index contributed by atoms with van der Waals surface area (Å²) in [4.78, 5) is 28.2. The average molecular weight is 416 g/mol. The standard InChI is InChI=1S/C24H24N4O3/c29-24(18-11-14-25(15-12-18)20-7-9-21(10-8-20)28(30)31)27-17-22-5-3-13-26(22)16-19-4-1-2-6-23(19)27/h1-10,13,18H,11-12,14-17H2. The maximum Gasteiger partial charge on any atom is 0.269 e. The fraction of sp³-hybridized carbons (Fsp3) is 0.292. The van der Waals surface area contributed by atoms with Gasteiger partial charge in [0.15, 0.2) is 0 Å². The Morgan fingerprint density at radius 3 is 2.42 bits per heavy atom. The SMILES string of the molecule is O=C(C1CCN(c2ccc([N+](=O)[O-])cc2)CC1)N1Cc2cccn2Cc2ccccc21. The van der Waals surface area contributed by atoms with Crippen molar-refractivity contribution in [3.8, 4) is 0 Å². The molecule has 2 aliphatic rings. The first kappa shape index (κ1) is 19.4. The zero-order valence-electron chi connectivity index (χ0n) is 17.2. The van der Waals surface area contributed by atoms with Gasteiger partial charge in [-0.1, -0.05) is 18.2 Å². The number of rotatable bonds is 3. The molecule has 0 atom stereocenters. The number of carbonyl (C=O) groups is 1. The number of carbonyl (C=O) groups excluding carboxylic acids is 1. The fourth-order valence-electron chi connectivity index (χ4n) is 4.67. The molecule has 0 bridgehead atoms. The van der Waals surface area contributed by atoms with E-state index in [0.717, 1.165) is 55.1 Å². The number of anilines is 2. The molecule has 3 aromatic rings. The Morgan fingerprint density at radius 1 is 0.935 bits per heavy atom. The van der Waals surface area contributed by atoms with Crippen molar-refractivity contribution in [1.82, 2.24) is 4.57 Å². The number of hydrogen-bond acceptors (Lipinski definition) is 4. The van der Waals surface area contributed by atoms with E-state index in [2.05, 4.69) is 27.8 Å². The van der Waals surface area contributed by atoms with Gasteiger partial charge in [0, 0.05) is 61.0 Å². The topological polar surface area (TPSA) is 71.6 Å². The molecular weight excluding hydrogens is 392 g/mol. The number of amides is 1. The Balaban J connectivity index is 1.32. The van der Waals surface area contributed by atoms with Crippen molar-refractivity contribution in [2.75, 3.05) is 22.9 Å². The predicted octanol–water partition coefficient (Wildman–Crippen LogP) is 4.21. The van der Waals surface area contributed by atoms with Crippen LogP contribution < -0.4 is 9.80 Å². The third-order valence-electron chi connectivity index (χ3n) is 6.40. The minimum Gasteiger partial charge on any atom is -0.371 e. The van der Waals surface area contributed by atoms with Gasteiger partial charge >= 0.3 is 0 Å². The van der Waals surface area contributed by atoms with Gasteiger partial charge in [0.05, 0.1) is 11.5 Å². The Hall–Kier alpha value is -3.61. The van der Waals surface area contributed by atoms with Crippen LogP contribution >= 0.6 is 0 Å². The summed E-state index contributed by atoms with van der Waals surface area (Å²) >= 11 is 0. The number of aromatic nitrogens is 1. The number of nitro benzene ring substituents is 1. The van der Waals surface area contributed by atoms with Gasteiger partial charge in [0.2, 0.25) is 5.91 Å². The van der Waals surface area contributed by atoms with Gasteiger partial charge < -0.3 is 14.4 Å². The third kappa shape index (κ3) is 3.67. The summed E-state index contributed by atoms with van der Waals surface area (Å²) in [6, 6.07) is 19.0. The predicted molar refractivity (Wildman–Crippen MR) is 119 cm³/mol. The van der Waals surface area contributed by atoms with Crippen molar-refractivity contribution in [1.29, 1.82) is 0 Å². The monoisotopic (exact) mass is 416 g/mol. The van der Waals surface area contributed by atoms with Crippen LogP contribution in [0.3, 0.4) is 0 Å². The van der Waals surface area contributed by atoms with Crippen LogP contribution in [0.1, 0.15) is 24.1 Å². The number of para-hydroxylation sites is 1. The van der Waals surface area contributed by atoms with Crippen LogP contribution in [-0.2, 0) is 17.9 Å². The Bertz CT molecular complexity index is 1110. The van der Waals surface area contributed by atoms with E-state index in [1.54, 1.807) is 12.1 Å². The summed E-state index contributed by atoms with van der Waals surface area (Å²) in [5.74, 6) is 0.161. The quantitative estimate of drug-likeness (QED) is 0.474. The van der Waals surface area contributed by atoms with Crippen LogP contribution in [0, 0.1) is 16.0 Å². The first-order chi connectivity index (χ1) is 15.1. The van der Waals surface area contributed by atoms with E-state index in [0.29, 0.717) is 6.54 Å². The first-order valence-corrected chi connectivity index (χ1v) is 10.6. The molecule has 0 N–H and O–H groups in total. The van der Waals surface area contributed by atoms with E-state index in [4.69, 9.17) is 0 Å². The fourth-order valence-corrected chi connectivity index (χ4v) is 4.67. The lowest BCUT2D eigenvalue weighted by molar-refractivity contribution is -0.384. The van der Waals surface area contributed by atoms with Gasteiger partial charge in [-0.15, -0.1) is 0 Å². The molecule has 1 fully saturated rings. The van der Waals surface area contributed by atoms with Gasteiger partial charge in [0.25, 0.3) is 5.69 Å². The summed E-state index contributed by atoms with van der Waals surface area (Å²) in [7, 11) is 0. The maximum absolute atomic E-state index is 13.6. The molecule has 158 valence electrons. The summed E-state index contributed by atoms with van der Waals surface area (Å²) in [5, 5.41) is 10.9. The largest absolute Gasteiger partial charge is 0.371 e. The van der Waals surface area contributed by atoms with Crippen molar-refractivity contribution in [2.45, 2.75) is 25.9 Å². The minimum atomic E-state index is -0.385. The van der Waals surface area contributed by atoms with E-state index in [-0.39, 0.29) is 22.4 Å². The van der Waals surface area contributed by atoms with Crippen molar-refractivity contribution in [3.63, 3.8) is 0 Å². The highest BCUT2D eigenvalue weighted by Crippen LogP contribution is 2.32. The van der Waals surface area contributed by atoms with E-state index in [1.807, 2.05) is 29.2 Å². The van der Waals surface area contributed by atoms with Crippen molar-refractivity contribution < 1.29 is 9.72 Å². The molecule has 1 saturated heterocycles. The van der Waals surface area contributed by atoms with Crippen LogP contribution in [0.25, 0.3) is 0 Å². The number of nitro groups is 1. The molecule has 0 aliphatic carbocycles. The van der Waals surface area contributed by atoms with Crippen LogP contribution in [0.5, 0.6) is 0 Å². The number of non-ortho nitro benzene ring substituents is 1. The molecule has 0 saturated carbocycles. The molecule has 2 aromatic carbocycles. The first-order valence-electron chi connectivity index (χ1n) is 10.6. The summed E-state index contributed by atoms with van der Waals surface area (Å²) in [6.07, 6.45) is 3.62. The number of fused-ring (bicyclic) bond motifs is 2. The zero-order valence-corrected chi connectivity index (χ0v) is 17.2. The molecule has 2 aliphatic heterocycles. The highest BCUT2D eigenvalue weighted by molar-refractivity contribution is 5.96. The summed E-state index contributed by atoms with van der Waals surface area (Å²) < 4.78 is 2.21. The average Bonchev–Trinajstić information content (AvgIpc) is 3.18. The second-order valence-electron chi connectivity index (χ2n) is 8.22. The lowest BCUT2D eigenvalue weighted by Gasteiger charge is -2.35. The number of benzene rings is 2. The van der Waals surface area contributed by atoms with Crippen LogP contribution in [0.4, 0.5) is 17.1 Å². The second-order valence-corrected chi connectivity index (χ2v) is 8.22. The van der Waals surface area contributed by atoms with Gasteiger partial charge in [-0.3, -0.25) is 14.9 Å². The normalized spacial score (nSPS) is 16.4. The zero-order chi connectivity index (χ0) is 21.4. The molecule has 3 heterocycles. The molecule has 0 unspecified atom stereocenters. The molecule has 0 radical (unpaired) electrons. The number of nitrogens with zero attached hydrogens (tertiary/aromatic N) is 4. The molecule has 7 heteroatoms. The molecule has 0 spiro atoms. The molecule has 1 amide bonds. The summed E-state index contributed by atoms with van der Waals surface area (Å²) in [5.41, 5.74) is 4.38. The number of piperidine rings is 1. The lowest BCUT2D eigenvalue weighted by Crippen LogP contribution is -2.42. The van der Waals surface area contributed by atoms with Gasteiger partial charge in [-0.25, -0.2) is 0 Å². The molecule has 7 nitrogen and oxygen atoms in total. The van der Waals surface area contributed by atoms with Crippen LogP contribution in [-0.4, -0.2) is 28.5 Å². The molecule has 1 aromatic heterocycles. The van der Waals surface area contributed by atoms with E-state index >= 15 is 0 Å². The second kappa shape index (κ2) is 7.91. The van der Waals surface area contributed by atoms with E-state index < -0.39 is 0 Å². The van der Waals surface area contributed by atoms with Crippen LogP contribution in [0.2, 0.25) is 0 Å². The highest BCUT2D eigenvalue weighted by Gasteiger charge is 2.32. The van der Waals surface area contributed by atoms with Crippen molar-refractivity contribution >= 4 is 23.0 Å². The lowest BCUT2D eigenvalue weighted by atomic mass is 9.94. The summed E-state index contributed by atoms with van der Waals surface area (Å²) in [6.45, 7) is 2.90. The van der Waals surface area contributed by atoms with Gasteiger partial charge in [-0.05, 0) is 48.7 Å². The number of hydrogen-bond donors (Lipinski definition) is 0. The maximum atomic E-state index is 13.6. The van der Waals surface area contributed by atoms with Crippen molar-refractivity contribution in [3.05, 3.63) is 88.2 Å². The van der Waals surface area contributed by atoms with E-state index in [1.165, 1.54) is 12.1 Å². The molecule has 5 rings (SSSR count). The van der Waals surface area contributed by atoms with Gasteiger partial charge in [-0.2, -0.15) is 0 Å². The smallest absolute Gasteiger partial charge is 0.269 e. The Kier molecular flexibility index (Phi) is 4.94. The van der Waals surface area contributed by atoms with Gasteiger partial charge in [0.1, 0.15) is 0 Å². The Morgan fingerprint density at radius 2 is 1.68 bits per heavy atom. The van der Waals surface area contributed by atoms with E-state index in [9.17, 15) is 14.9 Å². The van der Waals surface area contributed by atoms with Crippen LogP contribution in [0.15, 0.2) is 66.9 Å². The highest BCUT2D eigenvalue weighted by atomic mass is 16.6. The van der Waals surface area contributed by atoms with Crippen molar-refractivity contribution in [2.24, 2.45) is 5.92 Å². The molecule has 31 heavy (non-hydrogen) atoms. The minimum absolute atomic E-state index is 0.0242.